The van der Waals surface area contributed by atoms with Crippen molar-refractivity contribution in [2.75, 3.05) is 10.2 Å². The summed E-state index contributed by atoms with van der Waals surface area (Å²) in [6, 6.07) is 10.3. The second-order valence-electron chi connectivity index (χ2n) is 5.29. The number of amides is 3. The smallest absolute Gasteiger partial charge is 0.298 e. The Morgan fingerprint density at radius 1 is 1.17 bits per heavy atom. The number of thioether (sulfide) groups is 1. The lowest BCUT2D eigenvalue weighted by molar-refractivity contribution is -0.114. The minimum absolute atomic E-state index is 0.181. The van der Waals surface area contributed by atoms with E-state index in [0.717, 1.165) is 22.4 Å². The number of hydrogen-bond donors (Lipinski definition) is 1. The quantitative estimate of drug-likeness (QED) is 0.870. The van der Waals surface area contributed by atoms with Crippen molar-refractivity contribution in [2.24, 2.45) is 7.05 Å². The molecule has 7 heteroatoms. The molecule has 1 aromatic carbocycles. The maximum absolute atomic E-state index is 12.6. The molecule has 1 saturated heterocycles. The van der Waals surface area contributed by atoms with E-state index in [2.05, 4.69) is 5.32 Å². The molecule has 122 valence electrons. The molecule has 1 N–H and O–H groups in total. The summed E-state index contributed by atoms with van der Waals surface area (Å²) in [6.45, 7) is 1.42. The molecule has 3 rings (SSSR count). The first-order valence-electron chi connectivity index (χ1n) is 7.22. The lowest BCUT2D eigenvalue weighted by atomic mass is 10.2. The standard InChI is InChI=1S/C17H15N3O3S/c1-11(21)18-12-5-7-13(8-6-12)20-16(22)15(24-17(20)23)10-14-4-3-9-19(14)2/h3-10H,1-2H3,(H,18,21)/b15-10+. The zero-order chi connectivity index (χ0) is 17.3. The van der Waals surface area contributed by atoms with E-state index in [9.17, 15) is 14.4 Å². The van der Waals surface area contributed by atoms with Crippen LogP contribution in [0.1, 0.15) is 12.6 Å². The van der Waals surface area contributed by atoms with Gasteiger partial charge in [-0.2, -0.15) is 0 Å². The largest absolute Gasteiger partial charge is 0.351 e. The molecule has 0 aliphatic carbocycles. The predicted molar refractivity (Wildman–Crippen MR) is 94.6 cm³/mol. The zero-order valence-corrected chi connectivity index (χ0v) is 14.0. The maximum atomic E-state index is 12.6. The van der Waals surface area contributed by atoms with E-state index in [0.29, 0.717) is 16.3 Å². The van der Waals surface area contributed by atoms with Crippen LogP contribution in [0.15, 0.2) is 47.5 Å². The number of benzene rings is 1. The van der Waals surface area contributed by atoms with Gasteiger partial charge >= 0.3 is 0 Å². The molecule has 0 unspecified atom stereocenters. The molecule has 6 nitrogen and oxygen atoms in total. The number of carbonyl (C=O) groups excluding carboxylic acids is 3. The fourth-order valence-corrected chi connectivity index (χ4v) is 3.17. The summed E-state index contributed by atoms with van der Waals surface area (Å²) in [5, 5.41) is 2.30. The molecule has 1 aliphatic rings. The van der Waals surface area contributed by atoms with Crippen molar-refractivity contribution >= 4 is 46.3 Å². The minimum atomic E-state index is -0.349. The van der Waals surface area contributed by atoms with Crippen LogP contribution in [0.25, 0.3) is 6.08 Å². The summed E-state index contributed by atoms with van der Waals surface area (Å²) < 4.78 is 1.87. The maximum Gasteiger partial charge on any atom is 0.298 e. The van der Waals surface area contributed by atoms with Crippen LogP contribution < -0.4 is 10.2 Å². The van der Waals surface area contributed by atoms with E-state index in [-0.39, 0.29) is 17.1 Å². The number of imide groups is 1. The van der Waals surface area contributed by atoms with Crippen molar-refractivity contribution in [3.63, 3.8) is 0 Å². The van der Waals surface area contributed by atoms with E-state index in [4.69, 9.17) is 0 Å². The van der Waals surface area contributed by atoms with Gasteiger partial charge in [-0.1, -0.05) is 0 Å². The Morgan fingerprint density at radius 2 is 1.88 bits per heavy atom. The van der Waals surface area contributed by atoms with Gasteiger partial charge in [-0.15, -0.1) is 0 Å². The van der Waals surface area contributed by atoms with Crippen LogP contribution in [0.2, 0.25) is 0 Å². The Morgan fingerprint density at radius 3 is 2.46 bits per heavy atom. The Bertz CT molecular complexity index is 852. The van der Waals surface area contributed by atoms with Gasteiger partial charge in [0.1, 0.15) is 0 Å². The number of hydrogen-bond acceptors (Lipinski definition) is 4. The lowest BCUT2D eigenvalue weighted by Crippen LogP contribution is -2.27. The summed E-state index contributed by atoms with van der Waals surface area (Å²) in [7, 11) is 1.87. The lowest BCUT2D eigenvalue weighted by Gasteiger charge is -2.13. The van der Waals surface area contributed by atoms with Gasteiger partial charge in [0, 0.05) is 31.5 Å². The van der Waals surface area contributed by atoms with Gasteiger partial charge in [0.2, 0.25) is 5.91 Å². The molecule has 3 amide bonds. The van der Waals surface area contributed by atoms with Gasteiger partial charge in [-0.05, 0) is 54.2 Å². The van der Waals surface area contributed by atoms with E-state index in [1.54, 1.807) is 30.3 Å². The Hall–Kier alpha value is -2.80. The Kier molecular flexibility index (Phi) is 4.26. The van der Waals surface area contributed by atoms with Gasteiger partial charge in [0.15, 0.2) is 0 Å². The van der Waals surface area contributed by atoms with Crippen LogP contribution in [-0.2, 0) is 16.6 Å². The van der Waals surface area contributed by atoms with Crippen LogP contribution in [0.3, 0.4) is 0 Å². The molecular weight excluding hydrogens is 326 g/mol. The SMILES string of the molecule is CC(=O)Nc1ccc(N2C(=O)S/C(=C/c3cccn3C)C2=O)cc1. The van der Waals surface area contributed by atoms with Crippen LogP contribution in [0, 0.1) is 0 Å². The summed E-state index contributed by atoms with van der Waals surface area (Å²) in [4.78, 5) is 37.3. The van der Waals surface area contributed by atoms with Crippen molar-refractivity contribution in [3.8, 4) is 0 Å². The van der Waals surface area contributed by atoms with E-state index < -0.39 is 0 Å². The van der Waals surface area contributed by atoms with Crippen LogP contribution in [-0.4, -0.2) is 21.6 Å². The van der Waals surface area contributed by atoms with Crippen molar-refractivity contribution < 1.29 is 14.4 Å². The second kappa shape index (κ2) is 6.37. The number of aromatic nitrogens is 1. The number of nitrogens with zero attached hydrogens (tertiary/aromatic N) is 2. The van der Waals surface area contributed by atoms with Crippen LogP contribution in [0.5, 0.6) is 0 Å². The number of carbonyl (C=O) groups is 3. The fraction of sp³-hybridized carbons (Fsp3) is 0.118. The summed E-state index contributed by atoms with van der Waals surface area (Å²) >= 11 is 0.914. The minimum Gasteiger partial charge on any atom is -0.351 e. The summed E-state index contributed by atoms with van der Waals surface area (Å²) in [6.07, 6.45) is 3.58. The molecule has 0 bridgehead atoms. The van der Waals surface area contributed by atoms with Gasteiger partial charge < -0.3 is 9.88 Å². The molecule has 0 atom stereocenters. The highest BCUT2D eigenvalue weighted by atomic mass is 32.2. The van der Waals surface area contributed by atoms with Gasteiger partial charge in [-0.25, -0.2) is 4.90 Å². The number of nitrogens with one attached hydrogen (secondary N) is 1. The van der Waals surface area contributed by atoms with Gasteiger partial charge in [0.05, 0.1) is 10.6 Å². The summed E-state index contributed by atoms with van der Waals surface area (Å²) in [5.74, 6) is -0.530. The van der Waals surface area contributed by atoms with Crippen molar-refractivity contribution in [1.29, 1.82) is 0 Å². The van der Waals surface area contributed by atoms with Crippen molar-refractivity contribution in [1.82, 2.24) is 4.57 Å². The second-order valence-corrected chi connectivity index (χ2v) is 6.28. The first-order chi connectivity index (χ1) is 11.5. The van der Waals surface area contributed by atoms with E-state index in [1.165, 1.54) is 6.92 Å². The topological polar surface area (TPSA) is 71.4 Å². The number of anilines is 2. The molecule has 0 spiro atoms. The molecule has 24 heavy (non-hydrogen) atoms. The Balaban J connectivity index is 1.85. The first kappa shape index (κ1) is 16.1. The average molecular weight is 341 g/mol. The third kappa shape index (κ3) is 3.11. The average Bonchev–Trinajstić information content (AvgIpc) is 3.04. The van der Waals surface area contributed by atoms with Gasteiger partial charge in [0.25, 0.3) is 11.1 Å². The number of aryl methyl sites for hydroxylation is 1. The molecule has 2 aromatic rings. The first-order valence-corrected chi connectivity index (χ1v) is 8.04. The predicted octanol–water partition coefficient (Wildman–Crippen LogP) is 3.22. The summed E-state index contributed by atoms with van der Waals surface area (Å²) in [5.41, 5.74) is 1.93. The van der Waals surface area contributed by atoms with Crippen molar-refractivity contribution in [2.45, 2.75) is 6.92 Å². The zero-order valence-electron chi connectivity index (χ0n) is 13.1. The van der Waals surface area contributed by atoms with Crippen LogP contribution >= 0.6 is 11.8 Å². The van der Waals surface area contributed by atoms with E-state index in [1.807, 2.05) is 29.9 Å². The van der Waals surface area contributed by atoms with E-state index >= 15 is 0 Å². The highest BCUT2D eigenvalue weighted by Gasteiger charge is 2.36. The molecular formula is C17H15N3O3S. The molecule has 1 aliphatic heterocycles. The van der Waals surface area contributed by atoms with Gasteiger partial charge in [-0.3, -0.25) is 14.4 Å². The normalized spacial score (nSPS) is 16.1. The molecule has 2 heterocycles. The molecule has 0 radical (unpaired) electrons. The highest BCUT2D eigenvalue weighted by molar-refractivity contribution is 8.19. The van der Waals surface area contributed by atoms with Crippen LogP contribution in [0.4, 0.5) is 16.2 Å². The number of rotatable bonds is 3. The highest BCUT2D eigenvalue weighted by Crippen LogP contribution is 2.36. The third-order valence-electron chi connectivity index (χ3n) is 3.50. The van der Waals surface area contributed by atoms with Crippen molar-refractivity contribution in [3.05, 3.63) is 53.2 Å². The molecule has 1 aromatic heterocycles. The third-order valence-corrected chi connectivity index (χ3v) is 4.37. The molecule has 0 saturated carbocycles. The fourth-order valence-electron chi connectivity index (χ4n) is 2.35. The molecule has 1 fully saturated rings. The monoisotopic (exact) mass is 341 g/mol. The Labute approximate surface area is 143 Å².